The number of hydrogen-bond acceptors (Lipinski definition) is 1. The van der Waals surface area contributed by atoms with Crippen LogP contribution in [0, 0.1) is 0 Å². The number of nitrogens with zero attached hydrogens (tertiary/aromatic N) is 3. The summed E-state index contributed by atoms with van der Waals surface area (Å²) in [6.07, 6.45) is 9.14. The van der Waals surface area contributed by atoms with Gasteiger partial charge in [0.25, 0.3) is 0 Å². The monoisotopic (exact) mass is 727 g/mol. The van der Waals surface area contributed by atoms with E-state index in [4.69, 9.17) is 0 Å². The van der Waals surface area contributed by atoms with Crippen LogP contribution in [0.15, 0.2) is 212 Å². The third-order valence-corrected chi connectivity index (χ3v) is 12.2. The molecular formula is C54H37N3. The van der Waals surface area contributed by atoms with Crippen molar-refractivity contribution in [1.29, 1.82) is 0 Å². The highest BCUT2D eigenvalue weighted by molar-refractivity contribution is 6.13. The SMILES string of the molecule is C1=CC2c3cc(-c4ccc5c(c4)c4ccccc4n5-c4ccc5c(c4)c4ccccc4n5-c4ccccc4)ccc3N(c3cccc(-c4ccccc4)c3)C2C=C1. The second kappa shape index (κ2) is 12.6. The predicted octanol–water partition coefficient (Wildman–Crippen LogP) is 13.9. The third kappa shape index (κ3) is 4.92. The summed E-state index contributed by atoms with van der Waals surface area (Å²) in [6, 6.07) is 69.3. The fourth-order valence-corrected chi connectivity index (χ4v) is 9.67. The van der Waals surface area contributed by atoms with Gasteiger partial charge in [0.05, 0.1) is 28.1 Å². The zero-order valence-electron chi connectivity index (χ0n) is 31.2. The summed E-state index contributed by atoms with van der Waals surface area (Å²) in [7, 11) is 0. The Balaban J connectivity index is 0.977. The van der Waals surface area contributed by atoms with Gasteiger partial charge in [-0.15, -0.1) is 0 Å². The van der Waals surface area contributed by atoms with E-state index in [1.165, 1.54) is 88.5 Å². The van der Waals surface area contributed by atoms with E-state index < -0.39 is 0 Å². The van der Waals surface area contributed by atoms with Crippen LogP contribution in [0.5, 0.6) is 0 Å². The Morgan fingerprint density at radius 2 is 0.895 bits per heavy atom. The number of para-hydroxylation sites is 3. The molecule has 0 spiro atoms. The number of fused-ring (bicyclic) bond motifs is 9. The molecule has 2 aromatic heterocycles. The molecule has 3 heteroatoms. The smallest absolute Gasteiger partial charge is 0.0629 e. The normalized spacial score (nSPS) is 15.9. The van der Waals surface area contributed by atoms with Crippen molar-refractivity contribution >= 4 is 55.0 Å². The summed E-state index contributed by atoms with van der Waals surface area (Å²) in [6.45, 7) is 0. The lowest BCUT2D eigenvalue weighted by atomic mass is 9.89. The van der Waals surface area contributed by atoms with E-state index in [-0.39, 0.29) is 12.0 Å². The second-order valence-corrected chi connectivity index (χ2v) is 15.3. The van der Waals surface area contributed by atoms with Crippen molar-refractivity contribution in [3.05, 3.63) is 218 Å². The van der Waals surface area contributed by atoms with Crippen molar-refractivity contribution in [3.8, 4) is 33.6 Å². The molecule has 3 nitrogen and oxygen atoms in total. The quantitative estimate of drug-likeness (QED) is 0.172. The average molecular weight is 728 g/mol. The first-order chi connectivity index (χ1) is 28.3. The highest BCUT2D eigenvalue weighted by Gasteiger charge is 2.37. The molecule has 0 fully saturated rings. The average Bonchev–Trinajstić information content (AvgIpc) is 3.92. The molecule has 0 saturated carbocycles. The highest BCUT2D eigenvalue weighted by atomic mass is 15.2. The number of hydrogen-bond donors (Lipinski definition) is 0. The van der Waals surface area contributed by atoms with Gasteiger partial charge in [-0.05, 0) is 107 Å². The minimum atomic E-state index is 0.228. The van der Waals surface area contributed by atoms with Crippen molar-refractivity contribution in [2.24, 2.45) is 0 Å². The van der Waals surface area contributed by atoms with Crippen LogP contribution in [-0.4, -0.2) is 15.2 Å². The van der Waals surface area contributed by atoms with E-state index in [0.29, 0.717) is 0 Å². The maximum Gasteiger partial charge on any atom is 0.0629 e. The molecule has 0 amide bonds. The van der Waals surface area contributed by atoms with Gasteiger partial charge < -0.3 is 14.0 Å². The molecule has 10 aromatic rings. The van der Waals surface area contributed by atoms with Crippen LogP contribution in [0.2, 0.25) is 0 Å². The summed E-state index contributed by atoms with van der Waals surface area (Å²) in [5.74, 6) is 0.277. The molecular weight excluding hydrogens is 691 g/mol. The van der Waals surface area contributed by atoms with Crippen LogP contribution in [0.3, 0.4) is 0 Å². The molecule has 0 N–H and O–H groups in total. The van der Waals surface area contributed by atoms with Crippen LogP contribution in [-0.2, 0) is 0 Å². The number of benzene rings is 8. The van der Waals surface area contributed by atoms with Crippen LogP contribution in [0.25, 0.3) is 77.2 Å². The zero-order valence-corrected chi connectivity index (χ0v) is 31.2. The minimum absolute atomic E-state index is 0.228. The Hall–Kier alpha value is -7.36. The van der Waals surface area contributed by atoms with Crippen LogP contribution in [0.4, 0.5) is 11.4 Å². The number of rotatable bonds is 5. The first-order valence-electron chi connectivity index (χ1n) is 19.8. The van der Waals surface area contributed by atoms with Crippen LogP contribution in [0.1, 0.15) is 11.5 Å². The number of allylic oxidation sites excluding steroid dienone is 2. The predicted molar refractivity (Wildman–Crippen MR) is 239 cm³/mol. The Labute approximate surface area is 331 Å². The van der Waals surface area contributed by atoms with Crippen molar-refractivity contribution in [2.75, 3.05) is 4.90 Å². The fourth-order valence-electron chi connectivity index (χ4n) is 9.67. The molecule has 0 saturated heterocycles. The summed E-state index contributed by atoms with van der Waals surface area (Å²) >= 11 is 0. The molecule has 1 aliphatic heterocycles. The lowest BCUT2D eigenvalue weighted by Crippen LogP contribution is -2.28. The molecule has 1 aliphatic carbocycles. The minimum Gasteiger partial charge on any atom is -0.333 e. The van der Waals surface area contributed by atoms with Gasteiger partial charge in [0.15, 0.2) is 0 Å². The lowest BCUT2D eigenvalue weighted by Gasteiger charge is -2.29. The van der Waals surface area contributed by atoms with Gasteiger partial charge in [0, 0.05) is 50.2 Å². The molecule has 8 aromatic carbocycles. The standard InChI is InChI=1S/C54H37N3/c1-3-14-36(15-4-1)37-16-13-19-41(32-37)56-50-24-11-7-20-43(50)46-33-38(26-29-52(46)56)39-27-30-53-47(34-39)44-21-8-12-25-51(44)57(53)42-28-31-54-48(35-42)45-22-9-10-23-49(45)55(54)40-17-5-2-6-18-40/h1-35,43,50H. The Kier molecular flexibility index (Phi) is 7.05. The molecule has 0 bridgehead atoms. The highest BCUT2D eigenvalue weighted by Crippen LogP contribution is 2.49. The lowest BCUT2D eigenvalue weighted by molar-refractivity contribution is 0.745. The van der Waals surface area contributed by atoms with Gasteiger partial charge in [-0.25, -0.2) is 0 Å². The molecule has 2 atom stereocenters. The first kappa shape index (κ1) is 31.9. The number of anilines is 2. The van der Waals surface area contributed by atoms with E-state index in [2.05, 4.69) is 226 Å². The summed E-state index contributed by atoms with van der Waals surface area (Å²) in [4.78, 5) is 2.53. The van der Waals surface area contributed by atoms with Crippen molar-refractivity contribution in [2.45, 2.75) is 12.0 Å². The molecule has 0 radical (unpaired) electrons. The maximum absolute atomic E-state index is 2.53. The fraction of sp³-hybridized carbons (Fsp3) is 0.0370. The largest absolute Gasteiger partial charge is 0.333 e. The summed E-state index contributed by atoms with van der Waals surface area (Å²) in [5, 5.41) is 5.02. The first-order valence-corrected chi connectivity index (χ1v) is 19.8. The van der Waals surface area contributed by atoms with Crippen LogP contribution >= 0.6 is 0 Å². The van der Waals surface area contributed by atoms with Gasteiger partial charge in [-0.1, -0.05) is 133 Å². The number of aromatic nitrogens is 2. The zero-order chi connectivity index (χ0) is 37.5. The Morgan fingerprint density at radius 3 is 1.68 bits per heavy atom. The molecule has 2 unspecified atom stereocenters. The summed E-state index contributed by atoms with van der Waals surface area (Å²) in [5.41, 5.74) is 16.0. The van der Waals surface area contributed by atoms with Crippen LogP contribution < -0.4 is 4.90 Å². The van der Waals surface area contributed by atoms with Crippen molar-refractivity contribution in [3.63, 3.8) is 0 Å². The molecule has 12 rings (SSSR count). The van der Waals surface area contributed by atoms with E-state index in [1.54, 1.807) is 0 Å². The topological polar surface area (TPSA) is 13.1 Å². The van der Waals surface area contributed by atoms with E-state index in [0.717, 1.165) is 5.69 Å². The van der Waals surface area contributed by atoms with Gasteiger partial charge in [0.2, 0.25) is 0 Å². The van der Waals surface area contributed by atoms with E-state index >= 15 is 0 Å². The third-order valence-electron chi connectivity index (χ3n) is 12.2. The van der Waals surface area contributed by atoms with Gasteiger partial charge >= 0.3 is 0 Å². The maximum atomic E-state index is 2.53. The van der Waals surface area contributed by atoms with Crippen molar-refractivity contribution < 1.29 is 0 Å². The van der Waals surface area contributed by atoms with Gasteiger partial charge in [0.1, 0.15) is 0 Å². The van der Waals surface area contributed by atoms with Crippen molar-refractivity contribution in [1.82, 2.24) is 9.13 Å². The molecule has 268 valence electrons. The molecule has 57 heavy (non-hydrogen) atoms. The molecule has 2 aliphatic rings. The summed E-state index contributed by atoms with van der Waals surface area (Å²) < 4.78 is 4.82. The molecule has 3 heterocycles. The Bertz CT molecular complexity index is 3250. The van der Waals surface area contributed by atoms with E-state index in [9.17, 15) is 0 Å². The Morgan fingerprint density at radius 1 is 0.333 bits per heavy atom. The van der Waals surface area contributed by atoms with Gasteiger partial charge in [-0.3, -0.25) is 0 Å². The van der Waals surface area contributed by atoms with Gasteiger partial charge in [-0.2, -0.15) is 0 Å². The van der Waals surface area contributed by atoms with E-state index in [1.807, 2.05) is 0 Å². The second-order valence-electron chi connectivity index (χ2n) is 15.3.